The van der Waals surface area contributed by atoms with E-state index in [1.54, 1.807) is 0 Å². The van der Waals surface area contributed by atoms with Crippen molar-refractivity contribution in [1.82, 2.24) is 9.62 Å². The summed E-state index contributed by atoms with van der Waals surface area (Å²) >= 11 is 2.00. The van der Waals surface area contributed by atoms with Crippen molar-refractivity contribution in [3.63, 3.8) is 0 Å². The number of rotatable bonds is 5. The lowest BCUT2D eigenvalue weighted by Crippen LogP contribution is -2.43. The average molecular weight is 376 g/mol. The Balaban J connectivity index is 1.52. The maximum Gasteiger partial charge on any atom is 0.240 e. The van der Waals surface area contributed by atoms with Crippen LogP contribution < -0.4 is 4.72 Å². The number of nitrogens with zero attached hydrogens (tertiary/aromatic N) is 1. The van der Waals surface area contributed by atoms with Gasteiger partial charge in [-0.05, 0) is 56.2 Å². The van der Waals surface area contributed by atoms with Crippen LogP contribution in [0.15, 0.2) is 23.1 Å². The largest absolute Gasteiger partial charge is 0.300 e. The molecule has 2 saturated heterocycles. The molecule has 2 fully saturated rings. The number of benzene rings is 1. The van der Waals surface area contributed by atoms with Crippen LogP contribution in [0.4, 0.5) is 8.78 Å². The van der Waals surface area contributed by atoms with Crippen LogP contribution in [0.3, 0.4) is 0 Å². The third-order valence-corrected chi connectivity index (χ3v) is 7.33. The van der Waals surface area contributed by atoms with Gasteiger partial charge < -0.3 is 0 Å². The number of thioether (sulfide) groups is 1. The summed E-state index contributed by atoms with van der Waals surface area (Å²) in [4.78, 5) is 2.15. The van der Waals surface area contributed by atoms with Crippen molar-refractivity contribution in [2.45, 2.75) is 30.2 Å². The zero-order valence-corrected chi connectivity index (χ0v) is 15.0. The number of piperidine rings is 1. The molecule has 1 aromatic carbocycles. The van der Waals surface area contributed by atoms with Crippen LogP contribution >= 0.6 is 11.8 Å². The van der Waals surface area contributed by atoms with Crippen molar-refractivity contribution in [3.8, 4) is 0 Å². The number of halogens is 2. The van der Waals surface area contributed by atoms with Crippen molar-refractivity contribution < 1.29 is 17.2 Å². The van der Waals surface area contributed by atoms with Crippen molar-refractivity contribution in [3.05, 3.63) is 29.8 Å². The molecule has 2 aliphatic rings. The summed E-state index contributed by atoms with van der Waals surface area (Å²) in [6, 6.07) is 3.01. The molecule has 134 valence electrons. The number of sulfonamides is 1. The van der Waals surface area contributed by atoms with Gasteiger partial charge in [0.1, 0.15) is 11.6 Å². The van der Waals surface area contributed by atoms with E-state index in [4.69, 9.17) is 0 Å². The minimum Gasteiger partial charge on any atom is -0.300 e. The number of nitrogens with one attached hydrogen (secondary N) is 1. The highest BCUT2D eigenvalue weighted by molar-refractivity contribution is 7.99. The summed E-state index contributed by atoms with van der Waals surface area (Å²) in [5, 5.41) is 0. The molecule has 1 unspecified atom stereocenters. The predicted octanol–water partition coefficient (Wildman–Crippen LogP) is 2.46. The van der Waals surface area contributed by atoms with Gasteiger partial charge >= 0.3 is 0 Å². The minimum atomic E-state index is -3.88. The Morgan fingerprint density at radius 3 is 2.38 bits per heavy atom. The zero-order valence-electron chi connectivity index (χ0n) is 13.4. The molecule has 1 atom stereocenters. The van der Waals surface area contributed by atoms with Gasteiger partial charge in [-0.1, -0.05) is 0 Å². The Labute approximate surface area is 146 Å². The van der Waals surface area contributed by atoms with Crippen LogP contribution in [0.5, 0.6) is 0 Å². The van der Waals surface area contributed by atoms with E-state index < -0.39 is 21.7 Å². The maximum absolute atomic E-state index is 13.2. The molecule has 0 spiro atoms. The van der Waals surface area contributed by atoms with Gasteiger partial charge in [0.2, 0.25) is 10.0 Å². The van der Waals surface area contributed by atoms with E-state index in [1.807, 2.05) is 11.8 Å². The second-order valence-electron chi connectivity index (χ2n) is 6.45. The normalized spacial score (nSPS) is 23.7. The molecular formula is C16H22F2N2O2S2. The SMILES string of the molecule is O=S(=O)(NCC1CCN(C2CCSC2)CC1)c1cc(F)cc(F)c1. The third kappa shape index (κ3) is 4.47. The van der Waals surface area contributed by atoms with Gasteiger partial charge in [0.05, 0.1) is 4.90 Å². The first-order chi connectivity index (χ1) is 11.4. The quantitative estimate of drug-likeness (QED) is 0.858. The highest BCUT2D eigenvalue weighted by atomic mass is 32.2. The van der Waals surface area contributed by atoms with E-state index in [-0.39, 0.29) is 10.8 Å². The lowest BCUT2D eigenvalue weighted by Gasteiger charge is -2.35. The Morgan fingerprint density at radius 2 is 1.79 bits per heavy atom. The second kappa shape index (κ2) is 7.68. The van der Waals surface area contributed by atoms with Gasteiger partial charge in [-0.2, -0.15) is 11.8 Å². The Morgan fingerprint density at radius 1 is 1.12 bits per heavy atom. The van der Waals surface area contributed by atoms with Crippen molar-refractivity contribution >= 4 is 21.8 Å². The van der Waals surface area contributed by atoms with Crippen LogP contribution in [0.2, 0.25) is 0 Å². The summed E-state index contributed by atoms with van der Waals surface area (Å²) in [5.41, 5.74) is 0. The summed E-state index contributed by atoms with van der Waals surface area (Å²) in [6.45, 7) is 2.30. The van der Waals surface area contributed by atoms with Crippen molar-refractivity contribution in [1.29, 1.82) is 0 Å². The molecule has 0 aliphatic carbocycles. The highest BCUT2D eigenvalue weighted by Gasteiger charge is 2.28. The standard InChI is InChI=1S/C16H22F2N2O2S2/c17-13-7-14(18)9-16(8-13)24(21,22)19-10-12-1-4-20(5-2-12)15-3-6-23-11-15/h7-9,12,15,19H,1-6,10-11H2. The molecule has 1 N–H and O–H groups in total. The Hall–Kier alpha value is -0.700. The number of hydrogen-bond acceptors (Lipinski definition) is 4. The van der Waals surface area contributed by atoms with Crippen LogP contribution in [-0.4, -0.2) is 50.5 Å². The Bertz CT molecular complexity index is 650. The van der Waals surface area contributed by atoms with Gasteiger partial charge in [-0.15, -0.1) is 0 Å². The van der Waals surface area contributed by atoms with E-state index in [9.17, 15) is 17.2 Å². The minimum absolute atomic E-state index is 0.267. The van der Waals surface area contributed by atoms with Crippen molar-refractivity contribution in [2.24, 2.45) is 5.92 Å². The first-order valence-electron chi connectivity index (χ1n) is 8.21. The van der Waals surface area contributed by atoms with Crippen molar-refractivity contribution in [2.75, 3.05) is 31.1 Å². The average Bonchev–Trinajstić information content (AvgIpc) is 3.07. The molecule has 0 saturated carbocycles. The third-order valence-electron chi connectivity index (χ3n) is 4.78. The maximum atomic E-state index is 13.2. The summed E-state index contributed by atoms with van der Waals surface area (Å²) in [6.07, 6.45) is 3.13. The topological polar surface area (TPSA) is 49.4 Å². The molecule has 24 heavy (non-hydrogen) atoms. The molecule has 0 radical (unpaired) electrons. The highest BCUT2D eigenvalue weighted by Crippen LogP contribution is 2.27. The predicted molar refractivity (Wildman–Crippen MR) is 91.6 cm³/mol. The fraction of sp³-hybridized carbons (Fsp3) is 0.625. The first kappa shape index (κ1) is 18.1. The van der Waals surface area contributed by atoms with E-state index in [0.717, 1.165) is 38.1 Å². The van der Waals surface area contributed by atoms with E-state index in [0.29, 0.717) is 18.7 Å². The van der Waals surface area contributed by atoms with Gasteiger partial charge in [0.15, 0.2) is 0 Å². The molecule has 3 rings (SSSR count). The molecule has 4 nitrogen and oxygen atoms in total. The molecule has 0 bridgehead atoms. The Kier molecular flexibility index (Phi) is 5.79. The van der Waals surface area contributed by atoms with Crippen LogP contribution in [-0.2, 0) is 10.0 Å². The smallest absolute Gasteiger partial charge is 0.240 e. The molecular weight excluding hydrogens is 354 g/mol. The zero-order chi connectivity index (χ0) is 17.2. The summed E-state index contributed by atoms with van der Waals surface area (Å²) in [7, 11) is -3.88. The summed E-state index contributed by atoms with van der Waals surface area (Å²) in [5.74, 6) is 0.913. The molecule has 1 aromatic rings. The fourth-order valence-electron chi connectivity index (χ4n) is 3.33. The van der Waals surface area contributed by atoms with Gasteiger partial charge in [0, 0.05) is 24.4 Å². The van der Waals surface area contributed by atoms with Gasteiger partial charge in [-0.25, -0.2) is 21.9 Å². The second-order valence-corrected chi connectivity index (χ2v) is 9.37. The van der Waals surface area contributed by atoms with Crippen LogP contribution in [0.25, 0.3) is 0 Å². The monoisotopic (exact) mass is 376 g/mol. The van der Waals surface area contributed by atoms with Gasteiger partial charge in [-0.3, -0.25) is 4.90 Å². The fourth-order valence-corrected chi connectivity index (χ4v) is 5.74. The van der Waals surface area contributed by atoms with Gasteiger partial charge in [0.25, 0.3) is 0 Å². The van der Waals surface area contributed by atoms with E-state index in [2.05, 4.69) is 9.62 Å². The molecule has 8 heteroatoms. The lowest BCUT2D eigenvalue weighted by molar-refractivity contribution is 0.145. The lowest BCUT2D eigenvalue weighted by atomic mass is 9.96. The number of hydrogen-bond donors (Lipinski definition) is 1. The van der Waals surface area contributed by atoms with Crippen LogP contribution in [0.1, 0.15) is 19.3 Å². The van der Waals surface area contributed by atoms with E-state index >= 15 is 0 Å². The molecule has 2 aliphatic heterocycles. The summed E-state index contributed by atoms with van der Waals surface area (Å²) < 4.78 is 53.3. The molecule has 0 aromatic heterocycles. The number of likely N-dealkylation sites (tertiary alicyclic amines) is 1. The van der Waals surface area contributed by atoms with Crippen LogP contribution in [0, 0.1) is 17.6 Å². The van der Waals surface area contributed by atoms with E-state index in [1.165, 1.54) is 17.9 Å². The molecule has 0 amide bonds. The first-order valence-corrected chi connectivity index (χ1v) is 10.9. The molecule has 2 heterocycles.